The van der Waals surface area contributed by atoms with Gasteiger partial charge in [-0.1, -0.05) is 5.21 Å². The van der Waals surface area contributed by atoms with Gasteiger partial charge in [0.1, 0.15) is 23.9 Å². The number of aromatic amines is 1. The van der Waals surface area contributed by atoms with Crippen LogP contribution in [0.15, 0.2) is 23.4 Å². The second-order valence-corrected chi connectivity index (χ2v) is 10.1. The third kappa shape index (κ3) is 6.42. The highest BCUT2D eigenvalue weighted by Crippen LogP contribution is 2.34. The molecule has 1 aliphatic rings. The first-order valence-corrected chi connectivity index (χ1v) is 13.6. The summed E-state index contributed by atoms with van der Waals surface area (Å²) >= 11 is 8.41. The Morgan fingerprint density at radius 2 is 2.12 bits per heavy atom. The summed E-state index contributed by atoms with van der Waals surface area (Å²) in [7, 11) is 3.82. The van der Waals surface area contributed by atoms with Crippen LogP contribution in [0.5, 0.6) is 0 Å². The van der Waals surface area contributed by atoms with Gasteiger partial charge in [0.15, 0.2) is 23.7 Å². The van der Waals surface area contributed by atoms with Gasteiger partial charge < -0.3 is 43.7 Å². The van der Waals surface area contributed by atoms with E-state index in [9.17, 15) is 4.79 Å². The highest BCUT2D eigenvalue weighted by atomic mass is 32.1. The van der Waals surface area contributed by atoms with Crippen LogP contribution in [0.25, 0.3) is 22.2 Å². The monoisotopic (exact) mass is 628 g/mol. The maximum Gasteiger partial charge on any atom is 0.282 e. The fraction of sp³-hybridized carbons (Fsp3) is 0.524. The van der Waals surface area contributed by atoms with Crippen molar-refractivity contribution < 1.29 is 27.7 Å². The predicted octanol–water partition coefficient (Wildman–Crippen LogP) is 0.283. The fourth-order valence-corrected chi connectivity index (χ4v) is 5.20. The minimum absolute atomic E-state index is 0.00157. The molecule has 222 valence electrons. The van der Waals surface area contributed by atoms with E-state index in [4.69, 9.17) is 39.1 Å². The normalized spacial score (nSPS) is 21.5. The smallest absolute Gasteiger partial charge is 0.282 e. The topological polar surface area (TPSA) is 215 Å². The van der Waals surface area contributed by atoms with Crippen LogP contribution in [-0.2, 0) is 34.2 Å². The molecule has 3 unspecified atom stereocenters. The van der Waals surface area contributed by atoms with E-state index in [0.29, 0.717) is 24.6 Å². The van der Waals surface area contributed by atoms with Gasteiger partial charge in [0.05, 0.1) is 24.7 Å². The van der Waals surface area contributed by atoms with Gasteiger partial charge in [-0.3, -0.25) is 9.78 Å². The van der Waals surface area contributed by atoms with E-state index in [1.54, 1.807) is 7.11 Å². The number of nitrogens with one attached hydrogen (secondary N) is 1. The molecular formula is C21H29N10O7PS2. The molecule has 0 amide bonds. The molecule has 0 spiro atoms. The maximum absolute atomic E-state index is 12.1. The molecule has 0 saturated carbocycles. The Hall–Kier alpha value is -2.61. The Labute approximate surface area is 245 Å². The number of ether oxygens (including phenoxy) is 4. The van der Waals surface area contributed by atoms with E-state index < -0.39 is 29.8 Å². The molecule has 5 rings (SSSR count). The molecule has 0 bridgehead atoms. The summed E-state index contributed by atoms with van der Waals surface area (Å²) < 4.78 is 37.3. The lowest BCUT2D eigenvalue weighted by molar-refractivity contribution is -0.218. The van der Waals surface area contributed by atoms with Crippen molar-refractivity contribution in [1.29, 1.82) is 0 Å². The first-order valence-electron chi connectivity index (χ1n) is 12.2. The Balaban J connectivity index is 1.25. The number of H-pyrrole nitrogens is 1. The van der Waals surface area contributed by atoms with Crippen molar-refractivity contribution in [3.63, 3.8) is 0 Å². The van der Waals surface area contributed by atoms with Gasteiger partial charge in [-0.15, -0.1) is 17.7 Å². The average Bonchev–Trinajstić information content (AvgIpc) is 3.67. The van der Waals surface area contributed by atoms with Crippen LogP contribution < -0.4 is 17.0 Å². The quantitative estimate of drug-likeness (QED) is 0.0582. The third-order valence-corrected chi connectivity index (χ3v) is 7.33. The standard InChI is InChI=1S/C21H29N10O7PS2/c1-33-12(7-35-39)9(5-30-3-2-10-15(22)24-8-25-16(10)30)6-34-21(40)37-13-4-11(38-41)19(36-13)31-17-14(28-29-31)18(32)27-20(23)26-17/h2-3,8-9,11-13,19,21,40-41H,4-7,39H2,1H3,(H2,22,24,25)(H3,23,26,27,32)/t9-,11+,12-,13?,19-,21?/m1/s1. The molecule has 5 heterocycles. The van der Waals surface area contributed by atoms with E-state index >= 15 is 0 Å². The highest BCUT2D eigenvalue weighted by Gasteiger charge is 2.41. The van der Waals surface area contributed by atoms with Crippen molar-refractivity contribution >= 4 is 69.0 Å². The molecule has 1 aliphatic heterocycles. The molecule has 20 heteroatoms. The lowest BCUT2D eigenvalue weighted by atomic mass is 10.0. The van der Waals surface area contributed by atoms with Crippen LogP contribution in [0.3, 0.4) is 0 Å². The lowest BCUT2D eigenvalue weighted by Crippen LogP contribution is -2.35. The SMILES string of the molecule is CO[C@H](COP)[C@@H](COC(S)OC1C[C@H](OS)[C@H](n2nnc3c(=O)[nH]c(N)nc32)O1)Cn1ccc2c(N)ncnc21. The van der Waals surface area contributed by atoms with Crippen LogP contribution in [0, 0.1) is 5.92 Å². The number of hydrogen-bond donors (Lipinski definition) is 5. The zero-order chi connectivity index (χ0) is 29.1. The Morgan fingerprint density at radius 1 is 1.29 bits per heavy atom. The summed E-state index contributed by atoms with van der Waals surface area (Å²) in [6.07, 6.45) is 0.894. The Bertz CT molecular complexity index is 1540. The lowest BCUT2D eigenvalue weighted by Gasteiger charge is -2.27. The third-order valence-electron chi connectivity index (χ3n) is 6.59. The Kier molecular flexibility index (Phi) is 9.57. The minimum Gasteiger partial charge on any atom is -0.383 e. The molecule has 5 N–H and O–H groups in total. The van der Waals surface area contributed by atoms with Crippen molar-refractivity contribution in [2.45, 2.75) is 43.3 Å². The van der Waals surface area contributed by atoms with Crippen molar-refractivity contribution in [2.75, 3.05) is 31.8 Å². The van der Waals surface area contributed by atoms with Gasteiger partial charge in [0, 0.05) is 41.7 Å². The largest absolute Gasteiger partial charge is 0.383 e. The maximum atomic E-state index is 12.1. The van der Waals surface area contributed by atoms with Crippen LogP contribution in [0.1, 0.15) is 12.6 Å². The first-order chi connectivity index (χ1) is 19.8. The number of hydrogen-bond acceptors (Lipinski definition) is 16. The second-order valence-electron chi connectivity index (χ2n) is 9.10. The van der Waals surface area contributed by atoms with E-state index in [1.165, 1.54) is 11.0 Å². The number of anilines is 2. The van der Waals surface area contributed by atoms with Crippen LogP contribution in [0.4, 0.5) is 11.8 Å². The molecule has 4 aromatic rings. The fourth-order valence-electron chi connectivity index (χ4n) is 4.60. The molecule has 0 aliphatic carbocycles. The average molecular weight is 629 g/mol. The summed E-state index contributed by atoms with van der Waals surface area (Å²) in [6.45, 7) is 0.952. The first kappa shape index (κ1) is 29.9. The van der Waals surface area contributed by atoms with Gasteiger partial charge in [0.25, 0.3) is 5.56 Å². The molecule has 41 heavy (non-hydrogen) atoms. The number of nitrogen functional groups attached to an aromatic ring is 2. The number of aromatic nitrogens is 8. The summed E-state index contributed by atoms with van der Waals surface area (Å²) in [4.78, 5) is 27.0. The summed E-state index contributed by atoms with van der Waals surface area (Å²) in [5, 5.41) is 8.61. The Morgan fingerprint density at radius 3 is 2.88 bits per heavy atom. The van der Waals surface area contributed by atoms with E-state index in [1.807, 2.05) is 16.8 Å². The number of thiol groups is 2. The number of nitrogens with zero attached hydrogens (tertiary/aromatic N) is 7. The van der Waals surface area contributed by atoms with Gasteiger partial charge in [0.2, 0.25) is 11.6 Å². The van der Waals surface area contributed by atoms with Crippen LogP contribution in [-0.4, -0.2) is 83.9 Å². The molecular weight excluding hydrogens is 599 g/mol. The van der Waals surface area contributed by atoms with E-state index in [-0.39, 0.29) is 42.2 Å². The molecule has 0 radical (unpaired) electrons. The second kappa shape index (κ2) is 13.1. The van der Waals surface area contributed by atoms with Crippen LogP contribution >= 0.6 is 35.0 Å². The highest BCUT2D eigenvalue weighted by molar-refractivity contribution is 7.80. The molecule has 1 fully saturated rings. The number of rotatable bonds is 13. The van der Waals surface area contributed by atoms with Crippen molar-refractivity contribution in [2.24, 2.45) is 5.92 Å². The number of nitrogens with two attached hydrogens (primary N) is 2. The zero-order valence-corrected chi connectivity index (χ0v) is 24.6. The predicted molar refractivity (Wildman–Crippen MR) is 154 cm³/mol. The molecule has 7 atom stereocenters. The summed E-state index contributed by atoms with van der Waals surface area (Å²) in [6, 6.07) is 1.85. The van der Waals surface area contributed by atoms with E-state index in [0.717, 1.165) is 5.39 Å². The van der Waals surface area contributed by atoms with Crippen molar-refractivity contribution in [3.05, 3.63) is 28.9 Å². The molecule has 1 saturated heterocycles. The molecule has 17 nitrogen and oxygen atoms in total. The van der Waals surface area contributed by atoms with Crippen molar-refractivity contribution in [3.8, 4) is 0 Å². The van der Waals surface area contributed by atoms with Gasteiger partial charge >= 0.3 is 0 Å². The summed E-state index contributed by atoms with van der Waals surface area (Å²) in [5.74, 6) is 0.0987. The van der Waals surface area contributed by atoms with Gasteiger partial charge in [-0.2, -0.15) is 9.67 Å². The van der Waals surface area contributed by atoms with Gasteiger partial charge in [-0.05, 0) is 19.0 Å². The van der Waals surface area contributed by atoms with Gasteiger partial charge in [-0.25, -0.2) is 9.97 Å². The van der Waals surface area contributed by atoms with Crippen molar-refractivity contribution in [1.82, 2.24) is 39.5 Å². The number of fused-ring (bicyclic) bond motifs is 2. The number of methoxy groups -OCH3 is 1. The van der Waals surface area contributed by atoms with E-state index in [2.05, 4.69) is 65.3 Å². The molecule has 0 aromatic carbocycles. The minimum atomic E-state index is -0.986. The summed E-state index contributed by atoms with van der Waals surface area (Å²) in [5.41, 5.74) is 11.0. The van der Waals surface area contributed by atoms with Crippen LogP contribution in [0.2, 0.25) is 0 Å². The molecule has 4 aromatic heterocycles. The zero-order valence-electron chi connectivity index (χ0n) is 21.6.